The molecule has 19 heavy (non-hydrogen) atoms. The molecule has 1 atom stereocenters. The van der Waals surface area contributed by atoms with Crippen molar-refractivity contribution in [1.82, 2.24) is 15.2 Å². The first-order valence-corrected chi connectivity index (χ1v) is 6.23. The summed E-state index contributed by atoms with van der Waals surface area (Å²) in [5.41, 5.74) is 6.11. The molecule has 5 heteroatoms. The van der Waals surface area contributed by atoms with Gasteiger partial charge in [0.1, 0.15) is 5.82 Å². The molecule has 1 aromatic carbocycles. The number of halogens is 1. The lowest BCUT2D eigenvalue weighted by atomic mass is 10.0. The third-order valence-corrected chi connectivity index (χ3v) is 3.24. The topological polar surface area (TPSA) is 55.9 Å². The van der Waals surface area contributed by atoms with Crippen molar-refractivity contribution >= 4 is 0 Å². The standard InChI is InChI=1S/C14H19FN4/c1-9-4-5-12(13(15)6-9)14(17-16)8-11-7-10(2)18-19(11)3/h4-7,14,17H,8,16H2,1-3H3. The number of nitrogens with two attached hydrogens (primary N) is 1. The lowest BCUT2D eigenvalue weighted by molar-refractivity contribution is 0.497. The van der Waals surface area contributed by atoms with Crippen LogP contribution in [0.5, 0.6) is 0 Å². The van der Waals surface area contributed by atoms with Crippen molar-refractivity contribution in [1.29, 1.82) is 0 Å². The third kappa shape index (κ3) is 3.00. The van der Waals surface area contributed by atoms with Crippen LogP contribution in [0.2, 0.25) is 0 Å². The largest absolute Gasteiger partial charge is 0.272 e. The van der Waals surface area contributed by atoms with Gasteiger partial charge in [-0.2, -0.15) is 5.10 Å². The number of rotatable bonds is 4. The van der Waals surface area contributed by atoms with E-state index in [2.05, 4.69) is 10.5 Å². The highest BCUT2D eigenvalue weighted by Crippen LogP contribution is 2.21. The minimum absolute atomic E-state index is 0.234. The average Bonchev–Trinajstić information content (AvgIpc) is 2.65. The van der Waals surface area contributed by atoms with Crippen molar-refractivity contribution in [2.45, 2.75) is 26.3 Å². The quantitative estimate of drug-likeness (QED) is 0.654. The summed E-state index contributed by atoms with van der Waals surface area (Å²) < 4.78 is 15.8. The zero-order chi connectivity index (χ0) is 14.0. The highest BCUT2D eigenvalue weighted by Gasteiger charge is 2.17. The second kappa shape index (κ2) is 5.50. The van der Waals surface area contributed by atoms with Gasteiger partial charge < -0.3 is 0 Å². The van der Waals surface area contributed by atoms with Crippen LogP contribution in [-0.2, 0) is 13.5 Å². The summed E-state index contributed by atoms with van der Waals surface area (Å²) in [5.74, 6) is 5.34. The smallest absolute Gasteiger partial charge is 0.128 e. The van der Waals surface area contributed by atoms with Crippen LogP contribution in [0, 0.1) is 19.7 Å². The van der Waals surface area contributed by atoms with Gasteiger partial charge in [0.15, 0.2) is 0 Å². The van der Waals surface area contributed by atoms with E-state index in [9.17, 15) is 4.39 Å². The van der Waals surface area contributed by atoms with E-state index in [4.69, 9.17) is 5.84 Å². The summed E-state index contributed by atoms with van der Waals surface area (Å²) >= 11 is 0. The summed E-state index contributed by atoms with van der Waals surface area (Å²) in [6, 6.07) is 6.90. The van der Waals surface area contributed by atoms with Crippen LogP contribution in [0.15, 0.2) is 24.3 Å². The molecule has 102 valence electrons. The van der Waals surface area contributed by atoms with Gasteiger partial charge in [-0.3, -0.25) is 16.0 Å². The molecule has 2 aromatic rings. The van der Waals surface area contributed by atoms with Crippen LogP contribution in [0.4, 0.5) is 4.39 Å². The number of aromatic nitrogens is 2. The van der Waals surface area contributed by atoms with Crippen molar-refractivity contribution in [2.24, 2.45) is 12.9 Å². The molecule has 0 bridgehead atoms. The zero-order valence-electron chi connectivity index (χ0n) is 11.4. The van der Waals surface area contributed by atoms with Gasteiger partial charge in [-0.25, -0.2) is 4.39 Å². The summed E-state index contributed by atoms with van der Waals surface area (Å²) in [4.78, 5) is 0. The Morgan fingerprint density at radius 3 is 2.63 bits per heavy atom. The molecule has 2 rings (SSSR count). The Balaban J connectivity index is 2.27. The molecule has 4 nitrogen and oxygen atoms in total. The molecule has 1 unspecified atom stereocenters. The Kier molecular flexibility index (Phi) is 3.97. The van der Waals surface area contributed by atoms with E-state index in [-0.39, 0.29) is 11.9 Å². The highest BCUT2D eigenvalue weighted by atomic mass is 19.1. The molecular formula is C14H19FN4. The monoisotopic (exact) mass is 262 g/mol. The molecule has 0 fully saturated rings. The van der Waals surface area contributed by atoms with Gasteiger partial charge in [-0.1, -0.05) is 12.1 Å². The predicted octanol–water partition coefficient (Wildman–Crippen LogP) is 1.92. The number of hydrogen-bond acceptors (Lipinski definition) is 3. The number of nitrogens with zero attached hydrogens (tertiary/aromatic N) is 2. The Hall–Kier alpha value is -1.72. The maximum absolute atomic E-state index is 14.0. The Morgan fingerprint density at radius 1 is 1.37 bits per heavy atom. The normalized spacial score (nSPS) is 12.7. The fraction of sp³-hybridized carbons (Fsp3) is 0.357. The first-order valence-electron chi connectivity index (χ1n) is 6.23. The summed E-state index contributed by atoms with van der Waals surface area (Å²) in [6.07, 6.45) is 0.591. The predicted molar refractivity (Wildman–Crippen MR) is 72.9 cm³/mol. The van der Waals surface area contributed by atoms with Crippen molar-refractivity contribution in [3.05, 3.63) is 52.6 Å². The van der Waals surface area contributed by atoms with E-state index in [1.165, 1.54) is 6.07 Å². The first-order chi connectivity index (χ1) is 9.01. The number of benzene rings is 1. The molecule has 0 amide bonds. The molecule has 3 N–H and O–H groups in total. The fourth-order valence-corrected chi connectivity index (χ4v) is 2.24. The lowest BCUT2D eigenvalue weighted by Crippen LogP contribution is -2.30. The third-order valence-electron chi connectivity index (χ3n) is 3.24. The first kappa shape index (κ1) is 13.7. The molecule has 0 saturated carbocycles. The number of hydrogen-bond donors (Lipinski definition) is 2. The molecule has 1 heterocycles. The van der Waals surface area contributed by atoms with Crippen LogP contribution in [0.1, 0.15) is 28.6 Å². The minimum Gasteiger partial charge on any atom is -0.272 e. The zero-order valence-corrected chi connectivity index (χ0v) is 11.4. The molecule has 0 aliphatic carbocycles. The molecule has 0 radical (unpaired) electrons. The fourth-order valence-electron chi connectivity index (χ4n) is 2.24. The molecule has 0 aliphatic heterocycles. The second-order valence-corrected chi connectivity index (χ2v) is 4.85. The van der Waals surface area contributed by atoms with E-state index in [0.29, 0.717) is 12.0 Å². The van der Waals surface area contributed by atoms with Crippen molar-refractivity contribution in [2.75, 3.05) is 0 Å². The van der Waals surface area contributed by atoms with E-state index in [1.54, 1.807) is 10.7 Å². The van der Waals surface area contributed by atoms with E-state index < -0.39 is 0 Å². The maximum Gasteiger partial charge on any atom is 0.128 e. The highest BCUT2D eigenvalue weighted by molar-refractivity contribution is 5.27. The summed E-state index contributed by atoms with van der Waals surface area (Å²) in [7, 11) is 1.88. The van der Waals surface area contributed by atoms with Gasteiger partial charge in [0.25, 0.3) is 0 Å². The second-order valence-electron chi connectivity index (χ2n) is 4.85. The van der Waals surface area contributed by atoms with Crippen molar-refractivity contribution in [3.63, 3.8) is 0 Å². The van der Waals surface area contributed by atoms with Crippen LogP contribution in [0.3, 0.4) is 0 Å². The van der Waals surface area contributed by atoms with E-state index in [0.717, 1.165) is 17.0 Å². The lowest BCUT2D eigenvalue weighted by Gasteiger charge is -2.17. The maximum atomic E-state index is 14.0. The van der Waals surface area contributed by atoms with Crippen LogP contribution in [-0.4, -0.2) is 9.78 Å². The van der Waals surface area contributed by atoms with Crippen LogP contribution < -0.4 is 11.3 Å². The van der Waals surface area contributed by atoms with E-state index >= 15 is 0 Å². The number of hydrazine groups is 1. The van der Waals surface area contributed by atoms with Gasteiger partial charge in [0, 0.05) is 24.7 Å². The van der Waals surface area contributed by atoms with E-state index in [1.807, 2.05) is 33.0 Å². The molecule has 0 saturated heterocycles. The summed E-state index contributed by atoms with van der Waals surface area (Å²) in [5, 5.41) is 4.28. The van der Waals surface area contributed by atoms with Gasteiger partial charge in [0.05, 0.1) is 11.7 Å². The minimum atomic E-state index is -0.268. The molecule has 1 aromatic heterocycles. The SMILES string of the molecule is Cc1ccc(C(Cc2cc(C)nn2C)NN)c(F)c1. The van der Waals surface area contributed by atoms with Gasteiger partial charge >= 0.3 is 0 Å². The Labute approximate surface area is 112 Å². The summed E-state index contributed by atoms with van der Waals surface area (Å²) in [6.45, 7) is 3.79. The Bertz CT molecular complexity index is 577. The average molecular weight is 262 g/mol. The Morgan fingerprint density at radius 2 is 2.11 bits per heavy atom. The van der Waals surface area contributed by atoms with Gasteiger partial charge in [0.2, 0.25) is 0 Å². The van der Waals surface area contributed by atoms with Gasteiger partial charge in [-0.05, 0) is 31.5 Å². The number of aryl methyl sites for hydroxylation is 3. The van der Waals surface area contributed by atoms with Crippen LogP contribution >= 0.6 is 0 Å². The van der Waals surface area contributed by atoms with Crippen molar-refractivity contribution in [3.8, 4) is 0 Å². The number of nitrogens with one attached hydrogen (secondary N) is 1. The van der Waals surface area contributed by atoms with Crippen molar-refractivity contribution < 1.29 is 4.39 Å². The molecular weight excluding hydrogens is 243 g/mol. The van der Waals surface area contributed by atoms with Gasteiger partial charge in [-0.15, -0.1) is 0 Å². The molecule has 0 aliphatic rings. The molecule has 0 spiro atoms. The van der Waals surface area contributed by atoms with Crippen LogP contribution in [0.25, 0.3) is 0 Å².